The molecule has 8 heteroatoms. The van der Waals surface area contributed by atoms with Gasteiger partial charge in [-0.05, 0) is 29.6 Å². The van der Waals surface area contributed by atoms with Crippen molar-refractivity contribution in [1.82, 2.24) is 10.1 Å². The van der Waals surface area contributed by atoms with Crippen LogP contribution in [-0.2, 0) is 0 Å². The molecule has 1 N–H and O–H groups in total. The molecule has 4 rings (SSSR count). The van der Waals surface area contributed by atoms with Crippen LogP contribution < -0.4 is 10.1 Å². The Labute approximate surface area is 163 Å². The van der Waals surface area contributed by atoms with Crippen LogP contribution in [0.15, 0.2) is 70.8 Å². The molecule has 0 saturated carbocycles. The molecule has 0 atom stereocenters. The minimum absolute atomic E-state index is 0.310. The second-order valence-corrected chi connectivity index (χ2v) is 6.77. The minimum Gasteiger partial charge on any atom is -0.437 e. The molecule has 0 fully saturated rings. The molecule has 3 aromatic heterocycles. The van der Waals surface area contributed by atoms with E-state index in [9.17, 15) is 4.79 Å². The summed E-state index contributed by atoms with van der Waals surface area (Å²) in [6, 6.07) is 14.1. The van der Waals surface area contributed by atoms with E-state index in [0.717, 1.165) is 4.88 Å². The summed E-state index contributed by atoms with van der Waals surface area (Å²) in [4.78, 5) is 17.6. The fraction of sp³-hybridized carbons (Fsp3) is 0. The summed E-state index contributed by atoms with van der Waals surface area (Å²) in [5.74, 6) is 0.887. The van der Waals surface area contributed by atoms with E-state index in [2.05, 4.69) is 15.5 Å². The lowest BCUT2D eigenvalue weighted by Gasteiger charge is -2.08. The van der Waals surface area contributed by atoms with E-state index < -0.39 is 0 Å². The van der Waals surface area contributed by atoms with Gasteiger partial charge in [-0.25, -0.2) is 4.98 Å². The molecule has 27 heavy (non-hydrogen) atoms. The number of amides is 1. The van der Waals surface area contributed by atoms with Crippen molar-refractivity contribution in [3.8, 4) is 22.3 Å². The van der Waals surface area contributed by atoms with Gasteiger partial charge in [-0.2, -0.15) is 0 Å². The number of nitrogens with zero attached hydrogens (tertiary/aromatic N) is 2. The molecule has 0 aliphatic heterocycles. The second-order valence-electron chi connectivity index (χ2n) is 5.42. The van der Waals surface area contributed by atoms with Gasteiger partial charge >= 0.3 is 0 Å². The molecule has 1 amide bonds. The van der Waals surface area contributed by atoms with Crippen LogP contribution in [0.1, 0.15) is 10.4 Å². The molecule has 1 aromatic carbocycles. The van der Waals surface area contributed by atoms with Gasteiger partial charge in [-0.3, -0.25) is 4.79 Å². The van der Waals surface area contributed by atoms with Gasteiger partial charge in [0, 0.05) is 18.0 Å². The van der Waals surface area contributed by atoms with Crippen LogP contribution in [0, 0.1) is 0 Å². The number of benzene rings is 1. The Morgan fingerprint density at radius 1 is 1.19 bits per heavy atom. The molecule has 0 saturated heterocycles. The highest BCUT2D eigenvalue weighted by atomic mass is 35.5. The lowest BCUT2D eigenvalue weighted by molar-refractivity contribution is 0.102. The summed E-state index contributed by atoms with van der Waals surface area (Å²) < 4.78 is 10.9. The minimum atomic E-state index is -0.338. The third-order valence-corrected chi connectivity index (χ3v) is 4.78. The molecule has 0 radical (unpaired) electrons. The van der Waals surface area contributed by atoms with Crippen LogP contribution >= 0.6 is 22.9 Å². The highest BCUT2D eigenvalue weighted by Gasteiger charge is 2.19. The predicted octanol–water partition coefficient (Wildman–Crippen LogP) is 5.50. The number of aromatic nitrogens is 2. The summed E-state index contributed by atoms with van der Waals surface area (Å²) >= 11 is 7.56. The van der Waals surface area contributed by atoms with Crippen molar-refractivity contribution < 1.29 is 14.1 Å². The highest BCUT2D eigenvalue weighted by molar-refractivity contribution is 7.13. The van der Waals surface area contributed by atoms with Gasteiger partial charge in [0.1, 0.15) is 11.3 Å². The first kappa shape index (κ1) is 17.3. The predicted molar refractivity (Wildman–Crippen MR) is 104 cm³/mol. The number of halogens is 1. The summed E-state index contributed by atoms with van der Waals surface area (Å²) in [6.45, 7) is 0. The maximum atomic E-state index is 12.6. The number of hydrogen-bond acceptors (Lipinski definition) is 6. The highest BCUT2D eigenvalue weighted by Crippen LogP contribution is 2.30. The molecular weight excluding hydrogens is 386 g/mol. The van der Waals surface area contributed by atoms with Crippen LogP contribution in [0.3, 0.4) is 0 Å². The molecule has 0 spiro atoms. The monoisotopic (exact) mass is 397 g/mol. The zero-order valence-corrected chi connectivity index (χ0v) is 15.3. The van der Waals surface area contributed by atoms with Crippen molar-refractivity contribution in [2.75, 3.05) is 5.32 Å². The van der Waals surface area contributed by atoms with E-state index in [1.54, 1.807) is 24.3 Å². The molecule has 0 aliphatic rings. The van der Waals surface area contributed by atoms with Crippen LogP contribution in [0.4, 0.5) is 5.69 Å². The number of ether oxygens (including phenoxy) is 1. The number of pyridine rings is 1. The Kier molecular flexibility index (Phi) is 4.86. The molecule has 6 nitrogen and oxygen atoms in total. The van der Waals surface area contributed by atoms with Crippen LogP contribution in [0.5, 0.6) is 11.6 Å². The number of nitrogens with one attached hydrogen (secondary N) is 1. The van der Waals surface area contributed by atoms with Crippen LogP contribution in [0.25, 0.3) is 10.6 Å². The van der Waals surface area contributed by atoms with E-state index in [-0.39, 0.29) is 5.91 Å². The Balaban J connectivity index is 1.53. The Morgan fingerprint density at radius 3 is 2.89 bits per heavy atom. The van der Waals surface area contributed by atoms with Crippen molar-refractivity contribution in [3.05, 3.63) is 76.9 Å². The molecule has 0 unspecified atom stereocenters. The number of hydrogen-bond donors (Lipinski definition) is 1. The summed E-state index contributed by atoms with van der Waals surface area (Å²) in [6.07, 6.45) is 2.93. The SMILES string of the molecule is O=C(Nc1ccnc(Oc2ccccc2Cl)c1)c1cnoc1-c1cccs1. The van der Waals surface area contributed by atoms with Crippen molar-refractivity contribution in [1.29, 1.82) is 0 Å². The number of anilines is 1. The van der Waals surface area contributed by atoms with Crippen molar-refractivity contribution in [2.45, 2.75) is 0 Å². The maximum absolute atomic E-state index is 12.6. The van der Waals surface area contributed by atoms with Crippen molar-refractivity contribution in [2.24, 2.45) is 0 Å². The lowest BCUT2D eigenvalue weighted by atomic mass is 10.2. The molecular formula is C19H12ClN3O3S. The van der Waals surface area contributed by atoms with Gasteiger partial charge in [0.15, 0.2) is 5.76 Å². The summed E-state index contributed by atoms with van der Waals surface area (Å²) in [5, 5.41) is 8.92. The zero-order chi connectivity index (χ0) is 18.6. The number of carbonyl (C=O) groups is 1. The maximum Gasteiger partial charge on any atom is 0.261 e. The normalized spacial score (nSPS) is 10.6. The number of rotatable bonds is 5. The van der Waals surface area contributed by atoms with Crippen molar-refractivity contribution in [3.63, 3.8) is 0 Å². The first-order chi connectivity index (χ1) is 13.2. The molecule has 0 bridgehead atoms. The van der Waals surface area contributed by atoms with E-state index in [0.29, 0.717) is 33.7 Å². The number of para-hydroxylation sites is 1. The van der Waals surface area contributed by atoms with Gasteiger partial charge in [-0.1, -0.05) is 35.0 Å². The third-order valence-electron chi connectivity index (χ3n) is 3.60. The first-order valence-electron chi connectivity index (χ1n) is 7.89. The zero-order valence-electron chi connectivity index (χ0n) is 13.8. The number of carbonyl (C=O) groups excluding carboxylic acids is 1. The summed E-state index contributed by atoms with van der Waals surface area (Å²) in [5.41, 5.74) is 0.873. The molecule has 134 valence electrons. The number of thiophene rings is 1. The average Bonchev–Trinajstić information content (AvgIpc) is 3.35. The topological polar surface area (TPSA) is 77.2 Å². The fourth-order valence-corrected chi connectivity index (χ4v) is 3.26. The largest absolute Gasteiger partial charge is 0.437 e. The van der Waals surface area contributed by atoms with Crippen LogP contribution in [0.2, 0.25) is 5.02 Å². The van der Waals surface area contributed by atoms with Gasteiger partial charge in [0.2, 0.25) is 5.88 Å². The van der Waals surface area contributed by atoms with Gasteiger partial charge in [0.25, 0.3) is 5.91 Å². The smallest absolute Gasteiger partial charge is 0.261 e. The second kappa shape index (κ2) is 7.61. The van der Waals surface area contributed by atoms with Gasteiger partial charge in [0.05, 0.1) is 16.1 Å². The van der Waals surface area contributed by atoms with E-state index in [4.69, 9.17) is 20.9 Å². The third kappa shape index (κ3) is 3.84. The first-order valence-corrected chi connectivity index (χ1v) is 9.15. The standard InChI is InChI=1S/C19H12ClN3O3S/c20-14-4-1-2-5-15(14)25-17-10-12(7-8-21-17)23-19(24)13-11-22-26-18(13)16-6-3-9-27-16/h1-11H,(H,21,23,24). The van der Waals surface area contributed by atoms with Gasteiger partial charge < -0.3 is 14.6 Å². The van der Waals surface area contributed by atoms with Gasteiger partial charge in [-0.15, -0.1) is 11.3 Å². The lowest BCUT2D eigenvalue weighted by Crippen LogP contribution is -2.12. The van der Waals surface area contributed by atoms with E-state index >= 15 is 0 Å². The molecule has 4 aromatic rings. The average molecular weight is 398 g/mol. The quantitative estimate of drug-likeness (QED) is 0.481. The summed E-state index contributed by atoms with van der Waals surface area (Å²) in [7, 11) is 0. The fourth-order valence-electron chi connectivity index (χ4n) is 2.37. The van der Waals surface area contributed by atoms with E-state index in [1.807, 2.05) is 29.6 Å². The molecule has 0 aliphatic carbocycles. The van der Waals surface area contributed by atoms with E-state index in [1.165, 1.54) is 23.7 Å². The Hall–Kier alpha value is -3.16. The van der Waals surface area contributed by atoms with Crippen LogP contribution in [-0.4, -0.2) is 16.0 Å². The van der Waals surface area contributed by atoms with Crippen molar-refractivity contribution >= 4 is 34.5 Å². The Morgan fingerprint density at radius 2 is 2.07 bits per heavy atom. The molecule has 3 heterocycles. The Bertz CT molecular complexity index is 1080.